The van der Waals surface area contributed by atoms with Gasteiger partial charge in [-0.2, -0.15) is 5.10 Å². The molecule has 0 spiro atoms. The Balaban J connectivity index is 1.48. The van der Waals surface area contributed by atoms with Crippen LogP contribution in [0.4, 0.5) is 0 Å². The van der Waals surface area contributed by atoms with Gasteiger partial charge < -0.3 is 9.47 Å². The minimum absolute atomic E-state index is 0.265. The normalized spacial score (nSPS) is 16.1. The van der Waals surface area contributed by atoms with Crippen molar-refractivity contribution < 1.29 is 9.47 Å². The van der Waals surface area contributed by atoms with Crippen LogP contribution in [-0.2, 0) is 6.42 Å². The molecule has 0 radical (unpaired) electrons. The van der Waals surface area contributed by atoms with Crippen LogP contribution in [0, 0.1) is 6.92 Å². The van der Waals surface area contributed by atoms with Crippen molar-refractivity contribution in [3.8, 4) is 22.6 Å². The second kappa shape index (κ2) is 6.39. The van der Waals surface area contributed by atoms with E-state index in [4.69, 9.17) is 14.5 Å². The molecule has 2 aromatic carbocycles. The number of H-pyrrole nitrogens is 1. The van der Waals surface area contributed by atoms with Gasteiger partial charge in [-0.15, -0.1) is 11.3 Å². The number of rotatable bonds is 3. The summed E-state index contributed by atoms with van der Waals surface area (Å²) < 4.78 is 12.5. The minimum Gasteiger partial charge on any atom is -0.497 e. The zero-order chi connectivity index (χ0) is 18.4. The van der Waals surface area contributed by atoms with Crippen LogP contribution in [-0.4, -0.2) is 28.9 Å². The molecule has 6 heteroatoms. The van der Waals surface area contributed by atoms with E-state index >= 15 is 0 Å². The summed E-state index contributed by atoms with van der Waals surface area (Å²) in [5, 5.41) is 8.28. The molecule has 27 heavy (non-hydrogen) atoms. The lowest BCUT2D eigenvalue weighted by molar-refractivity contribution is 0.261. The number of nitrogens with one attached hydrogen (secondary N) is 1. The molecule has 1 atom stereocenters. The Morgan fingerprint density at radius 2 is 2.15 bits per heavy atom. The van der Waals surface area contributed by atoms with Crippen LogP contribution in [0.1, 0.15) is 22.2 Å². The number of thiazole rings is 1. The number of benzene rings is 2. The zero-order valence-electron chi connectivity index (χ0n) is 15.2. The van der Waals surface area contributed by atoms with Crippen molar-refractivity contribution in [1.29, 1.82) is 0 Å². The molecule has 0 amide bonds. The summed E-state index contributed by atoms with van der Waals surface area (Å²) in [6, 6.07) is 12.4. The molecule has 0 saturated carbocycles. The molecule has 5 nitrogen and oxygen atoms in total. The summed E-state index contributed by atoms with van der Waals surface area (Å²) in [4.78, 5) is 4.88. The number of nitrogens with zero attached hydrogens (tertiary/aromatic N) is 2. The standard InChI is InChI=1S/C21H19N3O2S/c1-12-17(10-22-24-12)13-3-5-18-20(9-13)27-21(23-18)15-7-14-8-16(25-2)4-6-19(14)26-11-15/h3-6,8-10,15H,7,11H2,1-2H3,(H,22,24). The number of aromatic amines is 1. The highest BCUT2D eigenvalue weighted by Crippen LogP contribution is 2.38. The zero-order valence-corrected chi connectivity index (χ0v) is 16.0. The number of aryl methyl sites for hydroxylation is 1. The van der Waals surface area contributed by atoms with Crippen molar-refractivity contribution in [2.45, 2.75) is 19.3 Å². The molecule has 3 heterocycles. The third-order valence-corrected chi connectivity index (χ3v) is 6.25. The van der Waals surface area contributed by atoms with E-state index in [1.54, 1.807) is 18.4 Å². The number of methoxy groups -OCH3 is 1. The average molecular weight is 377 g/mol. The van der Waals surface area contributed by atoms with Gasteiger partial charge in [0.2, 0.25) is 0 Å². The van der Waals surface area contributed by atoms with Gasteiger partial charge in [0.05, 0.1) is 29.6 Å². The Hall–Kier alpha value is -2.86. The molecule has 4 aromatic rings. The lowest BCUT2D eigenvalue weighted by Crippen LogP contribution is -2.19. The van der Waals surface area contributed by atoms with Gasteiger partial charge in [0, 0.05) is 17.7 Å². The molecule has 1 aliphatic rings. The largest absolute Gasteiger partial charge is 0.497 e. The summed E-state index contributed by atoms with van der Waals surface area (Å²) in [7, 11) is 1.69. The van der Waals surface area contributed by atoms with Gasteiger partial charge >= 0.3 is 0 Å². The number of hydrogen-bond acceptors (Lipinski definition) is 5. The van der Waals surface area contributed by atoms with Crippen molar-refractivity contribution in [3.05, 3.63) is 58.9 Å². The van der Waals surface area contributed by atoms with Gasteiger partial charge in [-0.05, 0) is 54.8 Å². The van der Waals surface area contributed by atoms with Gasteiger partial charge in [0.1, 0.15) is 16.5 Å². The maximum Gasteiger partial charge on any atom is 0.122 e. The lowest BCUT2D eigenvalue weighted by atomic mass is 9.97. The van der Waals surface area contributed by atoms with E-state index in [9.17, 15) is 0 Å². The van der Waals surface area contributed by atoms with E-state index in [0.29, 0.717) is 6.61 Å². The van der Waals surface area contributed by atoms with Crippen molar-refractivity contribution in [2.75, 3.05) is 13.7 Å². The SMILES string of the molecule is COc1ccc2c(c1)CC(c1nc3ccc(-c4c[nH]nc4C)cc3s1)CO2. The molecule has 0 saturated heterocycles. The third kappa shape index (κ3) is 2.86. The molecule has 2 aromatic heterocycles. The first kappa shape index (κ1) is 16.3. The molecule has 5 rings (SSSR count). The Kier molecular flexibility index (Phi) is 3.86. The molecule has 136 valence electrons. The quantitative estimate of drug-likeness (QED) is 0.561. The molecule has 0 aliphatic carbocycles. The summed E-state index contributed by atoms with van der Waals surface area (Å²) >= 11 is 1.75. The minimum atomic E-state index is 0.265. The summed E-state index contributed by atoms with van der Waals surface area (Å²) in [5.74, 6) is 2.08. The maximum absolute atomic E-state index is 5.98. The second-order valence-corrected chi connectivity index (χ2v) is 7.87. The molecule has 1 unspecified atom stereocenters. The van der Waals surface area contributed by atoms with Gasteiger partial charge in [-0.1, -0.05) is 6.07 Å². The van der Waals surface area contributed by atoms with Crippen LogP contribution in [0.2, 0.25) is 0 Å². The Morgan fingerprint density at radius 1 is 1.22 bits per heavy atom. The smallest absolute Gasteiger partial charge is 0.122 e. The molecular formula is C21H19N3O2S. The van der Waals surface area contributed by atoms with E-state index in [-0.39, 0.29) is 5.92 Å². The first-order chi connectivity index (χ1) is 13.2. The van der Waals surface area contributed by atoms with Crippen molar-refractivity contribution in [3.63, 3.8) is 0 Å². The summed E-state index contributed by atoms with van der Waals surface area (Å²) in [6.45, 7) is 2.67. The Morgan fingerprint density at radius 3 is 2.96 bits per heavy atom. The highest BCUT2D eigenvalue weighted by Gasteiger charge is 2.25. The average Bonchev–Trinajstić information content (AvgIpc) is 3.32. The first-order valence-electron chi connectivity index (χ1n) is 8.92. The fourth-order valence-electron chi connectivity index (χ4n) is 3.59. The van der Waals surface area contributed by atoms with Crippen LogP contribution in [0.5, 0.6) is 11.5 Å². The van der Waals surface area contributed by atoms with E-state index < -0.39 is 0 Å². The van der Waals surface area contributed by atoms with Crippen LogP contribution in [0.15, 0.2) is 42.6 Å². The number of fused-ring (bicyclic) bond motifs is 2. The molecule has 1 N–H and O–H groups in total. The van der Waals surface area contributed by atoms with Crippen molar-refractivity contribution in [2.24, 2.45) is 0 Å². The van der Waals surface area contributed by atoms with Gasteiger partial charge in [0.25, 0.3) is 0 Å². The predicted octanol–water partition coefficient (Wildman–Crippen LogP) is 4.72. The van der Waals surface area contributed by atoms with Crippen LogP contribution < -0.4 is 9.47 Å². The molecule has 0 bridgehead atoms. The van der Waals surface area contributed by atoms with Crippen molar-refractivity contribution >= 4 is 21.6 Å². The second-order valence-electron chi connectivity index (χ2n) is 6.80. The number of aromatic nitrogens is 3. The fraction of sp³-hybridized carbons (Fsp3) is 0.238. The van der Waals surface area contributed by atoms with Gasteiger partial charge in [-0.3, -0.25) is 5.10 Å². The highest BCUT2D eigenvalue weighted by atomic mass is 32.1. The van der Waals surface area contributed by atoms with Gasteiger partial charge in [-0.25, -0.2) is 4.98 Å². The topological polar surface area (TPSA) is 60.0 Å². The van der Waals surface area contributed by atoms with Crippen LogP contribution in [0.25, 0.3) is 21.3 Å². The highest BCUT2D eigenvalue weighted by molar-refractivity contribution is 7.18. The predicted molar refractivity (Wildman–Crippen MR) is 107 cm³/mol. The molecule has 1 aliphatic heterocycles. The van der Waals surface area contributed by atoms with E-state index in [1.165, 1.54) is 15.8 Å². The van der Waals surface area contributed by atoms with Crippen molar-refractivity contribution in [1.82, 2.24) is 15.2 Å². The summed E-state index contributed by atoms with van der Waals surface area (Å²) in [5.41, 5.74) is 5.52. The Labute approximate surface area is 161 Å². The van der Waals surface area contributed by atoms with E-state index in [1.807, 2.05) is 25.3 Å². The number of hydrogen-bond donors (Lipinski definition) is 1. The first-order valence-corrected chi connectivity index (χ1v) is 9.74. The third-order valence-electron chi connectivity index (χ3n) is 5.07. The molecule has 0 fully saturated rings. The van der Waals surface area contributed by atoms with Gasteiger partial charge in [0.15, 0.2) is 0 Å². The van der Waals surface area contributed by atoms with Crippen LogP contribution in [0.3, 0.4) is 0 Å². The molecular weight excluding hydrogens is 358 g/mol. The monoisotopic (exact) mass is 377 g/mol. The lowest BCUT2D eigenvalue weighted by Gasteiger charge is -2.24. The van der Waals surface area contributed by atoms with E-state index in [0.717, 1.165) is 39.7 Å². The number of ether oxygens (including phenoxy) is 2. The fourth-order valence-corrected chi connectivity index (χ4v) is 4.68. The van der Waals surface area contributed by atoms with Crippen LogP contribution >= 0.6 is 11.3 Å². The van der Waals surface area contributed by atoms with E-state index in [2.05, 4.69) is 34.5 Å². The Bertz CT molecular complexity index is 1130. The maximum atomic E-state index is 5.98. The summed E-state index contributed by atoms with van der Waals surface area (Å²) in [6.07, 6.45) is 2.86.